The Labute approximate surface area is 140 Å². The average Bonchev–Trinajstić information content (AvgIpc) is 2.87. The molecule has 128 valence electrons. The maximum Gasteiger partial charge on any atom is 0.242 e. The molecule has 1 amide bonds. The van der Waals surface area contributed by atoms with E-state index in [1.807, 2.05) is 11.9 Å². The normalized spacial score (nSPS) is 25.2. The highest BCUT2D eigenvalue weighted by Gasteiger charge is 2.34. The van der Waals surface area contributed by atoms with Gasteiger partial charge in [0.15, 0.2) is 0 Å². The fourth-order valence-electron chi connectivity index (χ4n) is 4.45. The van der Waals surface area contributed by atoms with E-state index in [2.05, 4.69) is 35.4 Å². The summed E-state index contributed by atoms with van der Waals surface area (Å²) in [5, 5.41) is 0. The van der Waals surface area contributed by atoms with E-state index >= 15 is 0 Å². The Balaban J connectivity index is 1.59. The number of amides is 1. The first-order valence-electron chi connectivity index (χ1n) is 9.17. The number of aromatic nitrogens is 1. The Morgan fingerprint density at radius 1 is 1.13 bits per heavy atom. The van der Waals surface area contributed by atoms with Crippen LogP contribution in [-0.2, 0) is 11.3 Å². The van der Waals surface area contributed by atoms with Gasteiger partial charge in [0.1, 0.15) is 6.54 Å². The highest BCUT2D eigenvalue weighted by molar-refractivity contribution is 5.76. The van der Waals surface area contributed by atoms with E-state index in [1.54, 1.807) is 0 Å². The van der Waals surface area contributed by atoms with E-state index < -0.39 is 0 Å². The quantitative estimate of drug-likeness (QED) is 0.854. The van der Waals surface area contributed by atoms with Crippen molar-refractivity contribution in [2.24, 2.45) is 5.92 Å². The van der Waals surface area contributed by atoms with Crippen LogP contribution in [-0.4, -0.2) is 53.0 Å². The molecule has 0 radical (unpaired) electrons. The van der Waals surface area contributed by atoms with Crippen molar-refractivity contribution < 1.29 is 4.79 Å². The number of carbonyl (C=O) groups is 1. The van der Waals surface area contributed by atoms with Gasteiger partial charge in [-0.3, -0.25) is 4.79 Å². The van der Waals surface area contributed by atoms with E-state index in [1.165, 1.54) is 56.6 Å². The second kappa shape index (κ2) is 7.08. The summed E-state index contributed by atoms with van der Waals surface area (Å²) in [5.41, 5.74) is 2.33. The lowest BCUT2D eigenvalue weighted by Gasteiger charge is -2.45. The molecule has 3 rings (SSSR count). The molecule has 2 fully saturated rings. The standard InChI is InChI=1S/C19H31N3O/c1-15-9-10-16(2)22(15)14-19(23)20(3)13-17-7-6-12-21-11-5-4-8-18(17)21/h9-10,17-18H,4-8,11-14H2,1-3H3/t17-,18+/m0/s1. The van der Waals surface area contributed by atoms with Crippen molar-refractivity contribution in [1.29, 1.82) is 0 Å². The monoisotopic (exact) mass is 317 g/mol. The number of carbonyl (C=O) groups excluding carboxylic acids is 1. The molecule has 0 N–H and O–H groups in total. The molecule has 0 spiro atoms. The fraction of sp³-hybridized carbons (Fsp3) is 0.737. The molecule has 0 aliphatic carbocycles. The number of piperidine rings is 2. The van der Waals surface area contributed by atoms with Gasteiger partial charge < -0.3 is 14.4 Å². The van der Waals surface area contributed by atoms with Gasteiger partial charge in [0.05, 0.1) is 0 Å². The van der Waals surface area contributed by atoms with Crippen molar-refractivity contribution >= 4 is 5.91 Å². The first-order chi connectivity index (χ1) is 11.1. The average molecular weight is 317 g/mol. The molecule has 4 heteroatoms. The zero-order valence-corrected chi connectivity index (χ0v) is 14.9. The Morgan fingerprint density at radius 3 is 2.57 bits per heavy atom. The van der Waals surface area contributed by atoms with Crippen LogP contribution in [0.2, 0.25) is 0 Å². The Hall–Kier alpha value is -1.29. The first kappa shape index (κ1) is 16.6. The zero-order valence-electron chi connectivity index (χ0n) is 14.9. The second-order valence-corrected chi connectivity index (χ2v) is 7.48. The summed E-state index contributed by atoms with van der Waals surface area (Å²) in [6.07, 6.45) is 6.60. The lowest BCUT2D eigenvalue weighted by atomic mass is 9.83. The highest BCUT2D eigenvalue weighted by atomic mass is 16.2. The second-order valence-electron chi connectivity index (χ2n) is 7.48. The molecule has 2 aliphatic heterocycles. The molecule has 4 nitrogen and oxygen atoms in total. The maximum absolute atomic E-state index is 12.6. The largest absolute Gasteiger partial charge is 0.344 e. The van der Waals surface area contributed by atoms with Crippen LogP contribution in [0.5, 0.6) is 0 Å². The SMILES string of the molecule is Cc1ccc(C)n1CC(=O)N(C)C[C@@H]1CCCN2CCCC[C@H]12. The van der Waals surface area contributed by atoms with Crippen LogP contribution in [0.15, 0.2) is 12.1 Å². The zero-order chi connectivity index (χ0) is 16.4. The minimum absolute atomic E-state index is 0.236. The Morgan fingerprint density at radius 2 is 1.83 bits per heavy atom. The number of nitrogens with zero attached hydrogens (tertiary/aromatic N) is 3. The van der Waals surface area contributed by atoms with Crippen LogP contribution in [0.25, 0.3) is 0 Å². The van der Waals surface area contributed by atoms with Crippen LogP contribution in [0, 0.1) is 19.8 Å². The van der Waals surface area contributed by atoms with Gasteiger partial charge in [-0.15, -0.1) is 0 Å². The Bertz CT molecular complexity index is 529. The summed E-state index contributed by atoms with van der Waals surface area (Å²) >= 11 is 0. The molecule has 23 heavy (non-hydrogen) atoms. The molecule has 2 saturated heterocycles. The van der Waals surface area contributed by atoms with Gasteiger partial charge in [-0.25, -0.2) is 0 Å². The van der Waals surface area contributed by atoms with E-state index in [-0.39, 0.29) is 5.91 Å². The molecule has 0 saturated carbocycles. The molecular weight excluding hydrogens is 286 g/mol. The summed E-state index contributed by atoms with van der Waals surface area (Å²) in [5.74, 6) is 0.894. The fourth-order valence-corrected chi connectivity index (χ4v) is 4.45. The molecule has 2 aliphatic rings. The van der Waals surface area contributed by atoms with Gasteiger partial charge >= 0.3 is 0 Å². The van der Waals surface area contributed by atoms with E-state index in [0.717, 1.165) is 6.54 Å². The van der Waals surface area contributed by atoms with Gasteiger partial charge in [0.2, 0.25) is 5.91 Å². The summed E-state index contributed by atoms with van der Waals surface area (Å²) in [6, 6.07) is 4.88. The molecule has 1 aromatic rings. The number of aryl methyl sites for hydroxylation is 2. The molecule has 1 aromatic heterocycles. The van der Waals surface area contributed by atoms with Gasteiger partial charge in [0, 0.05) is 31.0 Å². The van der Waals surface area contributed by atoms with Crippen molar-refractivity contribution in [3.8, 4) is 0 Å². The van der Waals surface area contributed by atoms with Gasteiger partial charge in [-0.05, 0) is 70.7 Å². The molecule has 0 bridgehead atoms. The van der Waals surface area contributed by atoms with Gasteiger partial charge in [0.25, 0.3) is 0 Å². The van der Waals surface area contributed by atoms with Crippen molar-refractivity contribution in [3.63, 3.8) is 0 Å². The third-order valence-electron chi connectivity index (χ3n) is 5.87. The van der Waals surface area contributed by atoms with Crippen molar-refractivity contribution in [2.45, 2.75) is 58.5 Å². The summed E-state index contributed by atoms with van der Waals surface area (Å²) in [6.45, 7) is 8.06. The lowest BCUT2D eigenvalue weighted by molar-refractivity contribution is -0.131. The van der Waals surface area contributed by atoms with Crippen LogP contribution >= 0.6 is 0 Å². The maximum atomic E-state index is 12.6. The molecule has 0 unspecified atom stereocenters. The molecule has 2 atom stereocenters. The highest BCUT2D eigenvalue weighted by Crippen LogP contribution is 2.31. The molecule has 3 heterocycles. The number of hydrogen-bond donors (Lipinski definition) is 0. The van der Waals surface area contributed by atoms with E-state index in [9.17, 15) is 4.79 Å². The third-order valence-corrected chi connectivity index (χ3v) is 5.87. The lowest BCUT2D eigenvalue weighted by Crippen LogP contribution is -2.51. The number of fused-ring (bicyclic) bond motifs is 1. The first-order valence-corrected chi connectivity index (χ1v) is 9.17. The smallest absolute Gasteiger partial charge is 0.242 e. The summed E-state index contributed by atoms with van der Waals surface area (Å²) in [7, 11) is 1.98. The van der Waals surface area contributed by atoms with Crippen LogP contribution in [0.3, 0.4) is 0 Å². The topological polar surface area (TPSA) is 28.5 Å². The van der Waals surface area contributed by atoms with E-state index in [4.69, 9.17) is 0 Å². The predicted octanol–water partition coefficient (Wildman–Crippen LogP) is 2.83. The number of rotatable bonds is 4. The van der Waals surface area contributed by atoms with Crippen molar-refractivity contribution in [1.82, 2.24) is 14.4 Å². The third kappa shape index (κ3) is 3.63. The minimum Gasteiger partial charge on any atom is -0.344 e. The van der Waals surface area contributed by atoms with Crippen LogP contribution in [0.1, 0.15) is 43.5 Å². The van der Waals surface area contributed by atoms with Crippen LogP contribution in [0.4, 0.5) is 0 Å². The number of likely N-dealkylation sites (N-methyl/N-ethyl adjacent to an activating group) is 1. The van der Waals surface area contributed by atoms with Gasteiger partial charge in [-0.1, -0.05) is 6.42 Å². The molecular formula is C19H31N3O. The van der Waals surface area contributed by atoms with Crippen molar-refractivity contribution in [3.05, 3.63) is 23.5 Å². The van der Waals surface area contributed by atoms with Gasteiger partial charge in [-0.2, -0.15) is 0 Å². The predicted molar refractivity (Wildman–Crippen MR) is 93.5 cm³/mol. The number of hydrogen-bond acceptors (Lipinski definition) is 2. The minimum atomic E-state index is 0.236. The summed E-state index contributed by atoms with van der Waals surface area (Å²) in [4.78, 5) is 17.3. The van der Waals surface area contributed by atoms with E-state index in [0.29, 0.717) is 18.5 Å². The summed E-state index contributed by atoms with van der Waals surface area (Å²) < 4.78 is 2.12. The Kier molecular flexibility index (Phi) is 5.10. The van der Waals surface area contributed by atoms with Crippen molar-refractivity contribution in [2.75, 3.05) is 26.7 Å². The van der Waals surface area contributed by atoms with Crippen LogP contribution < -0.4 is 0 Å². The molecule has 0 aromatic carbocycles.